The first-order valence-electron chi connectivity index (χ1n) is 15.4. The van der Waals surface area contributed by atoms with Crippen LogP contribution in [-0.2, 0) is 19.0 Å². The first kappa shape index (κ1) is 30.8. The van der Waals surface area contributed by atoms with Gasteiger partial charge in [0.2, 0.25) is 5.90 Å². The van der Waals surface area contributed by atoms with Crippen molar-refractivity contribution in [3.63, 3.8) is 0 Å². The number of carbonyl (C=O) groups excluding carboxylic acids is 1. The summed E-state index contributed by atoms with van der Waals surface area (Å²) >= 11 is 0. The zero-order chi connectivity index (χ0) is 27.2. The largest absolute Gasteiger partial charge is 0.407 e. The van der Waals surface area contributed by atoms with Crippen LogP contribution in [0.4, 0.5) is 0 Å². The Morgan fingerprint density at radius 1 is 0.868 bits per heavy atom. The van der Waals surface area contributed by atoms with Gasteiger partial charge in [-0.3, -0.25) is 9.79 Å². The third kappa shape index (κ3) is 9.79. The quantitative estimate of drug-likeness (QED) is 0.106. The first-order valence-corrected chi connectivity index (χ1v) is 15.4. The highest BCUT2D eigenvalue weighted by Gasteiger charge is 2.33. The lowest BCUT2D eigenvalue weighted by molar-refractivity contribution is -0.132. The van der Waals surface area contributed by atoms with Gasteiger partial charge in [0.15, 0.2) is 0 Å². The standard InChI is InChI=1S/C33H53NO4/c1-5-6-7-8-9-10-12-26-15-17-27(18-16-26)28-19-21-30(22-20-28)33(38-25(2)35)34-24-23-29-13-11-14-31(36-3)32(29)37-4/h19-22,26-27,29,31-32H,5-18,23-24H2,1-4H3/b34-33-. The van der Waals surface area contributed by atoms with Gasteiger partial charge >= 0.3 is 5.97 Å². The maximum atomic E-state index is 11.8. The lowest BCUT2D eigenvalue weighted by Gasteiger charge is -2.36. The fourth-order valence-corrected chi connectivity index (χ4v) is 6.66. The van der Waals surface area contributed by atoms with Gasteiger partial charge in [-0.2, -0.15) is 0 Å². The van der Waals surface area contributed by atoms with Crippen molar-refractivity contribution in [2.75, 3.05) is 20.8 Å². The van der Waals surface area contributed by atoms with E-state index in [2.05, 4.69) is 31.2 Å². The Morgan fingerprint density at radius 3 is 2.24 bits per heavy atom. The van der Waals surface area contributed by atoms with Crippen LogP contribution in [0.3, 0.4) is 0 Å². The molecule has 3 rings (SSSR count). The third-order valence-electron chi connectivity index (χ3n) is 8.91. The Morgan fingerprint density at radius 2 is 1.58 bits per heavy atom. The lowest BCUT2D eigenvalue weighted by atomic mass is 9.77. The van der Waals surface area contributed by atoms with Crippen molar-refractivity contribution in [1.82, 2.24) is 0 Å². The molecule has 0 aromatic heterocycles. The van der Waals surface area contributed by atoms with E-state index in [1.54, 1.807) is 14.2 Å². The van der Waals surface area contributed by atoms with Gasteiger partial charge in [0.05, 0.1) is 12.2 Å². The normalized spacial score (nSPS) is 26.3. The Hall–Kier alpha value is -1.72. The van der Waals surface area contributed by atoms with Crippen molar-refractivity contribution in [1.29, 1.82) is 0 Å². The first-order chi connectivity index (χ1) is 18.5. The molecule has 0 amide bonds. The number of carbonyl (C=O) groups is 1. The minimum absolute atomic E-state index is 0.0984. The number of nitrogens with zero attached hydrogens (tertiary/aromatic N) is 1. The lowest BCUT2D eigenvalue weighted by Crippen LogP contribution is -2.40. The van der Waals surface area contributed by atoms with E-state index >= 15 is 0 Å². The molecule has 2 aliphatic rings. The van der Waals surface area contributed by atoms with Gasteiger partial charge in [0.25, 0.3) is 0 Å². The smallest absolute Gasteiger partial charge is 0.309 e. The number of aliphatic imine (C=N–C) groups is 1. The molecule has 0 spiro atoms. The molecule has 214 valence electrons. The van der Waals surface area contributed by atoms with Crippen LogP contribution in [0.1, 0.15) is 127 Å². The second kappa shape index (κ2) is 17.1. The number of benzene rings is 1. The summed E-state index contributed by atoms with van der Waals surface area (Å²) in [6, 6.07) is 8.61. The minimum atomic E-state index is -0.330. The summed E-state index contributed by atoms with van der Waals surface area (Å²) in [5.74, 6) is 2.06. The van der Waals surface area contributed by atoms with Crippen LogP contribution in [0.15, 0.2) is 29.3 Å². The van der Waals surface area contributed by atoms with Gasteiger partial charge in [0.1, 0.15) is 0 Å². The molecule has 0 saturated heterocycles. The van der Waals surface area contributed by atoms with Crippen LogP contribution >= 0.6 is 0 Å². The number of unbranched alkanes of at least 4 members (excludes halogenated alkanes) is 5. The molecule has 0 N–H and O–H groups in total. The molecule has 0 bridgehead atoms. The minimum Gasteiger partial charge on any atom is -0.407 e. The van der Waals surface area contributed by atoms with Gasteiger partial charge in [-0.1, -0.05) is 70.4 Å². The summed E-state index contributed by atoms with van der Waals surface area (Å²) in [7, 11) is 3.54. The zero-order valence-corrected chi connectivity index (χ0v) is 24.6. The molecule has 2 aliphatic carbocycles. The van der Waals surface area contributed by atoms with Crippen molar-refractivity contribution in [3.05, 3.63) is 35.4 Å². The molecule has 2 fully saturated rings. The monoisotopic (exact) mass is 527 g/mol. The maximum absolute atomic E-state index is 11.8. The Kier molecular flexibility index (Phi) is 13.8. The average molecular weight is 528 g/mol. The van der Waals surface area contributed by atoms with Crippen LogP contribution in [-0.4, -0.2) is 44.8 Å². The summed E-state index contributed by atoms with van der Waals surface area (Å²) in [4.78, 5) is 16.5. The Balaban J connectivity index is 1.50. The van der Waals surface area contributed by atoms with Gasteiger partial charge in [-0.25, -0.2) is 0 Å². The molecule has 5 nitrogen and oxygen atoms in total. The second-order valence-corrected chi connectivity index (χ2v) is 11.6. The Labute approximate surface area is 232 Å². The molecule has 1 aromatic carbocycles. The third-order valence-corrected chi connectivity index (χ3v) is 8.91. The second-order valence-electron chi connectivity index (χ2n) is 11.6. The molecule has 0 heterocycles. The number of hydrogen-bond acceptors (Lipinski definition) is 5. The van der Waals surface area contributed by atoms with Crippen LogP contribution in [0.5, 0.6) is 0 Å². The highest BCUT2D eigenvalue weighted by atomic mass is 16.5. The fraction of sp³-hybridized carbons (Fsp3) is 0.758. The number of ether oxygens (including phenoxy) is 3. The maximum Gasteiger partial charge on any atom is 0.309 e. The van der Waals surface area contributed by atoms with E-state index in [1.165, 1.54) is 83.1 Å². The molecular formula is C33H53NO4. The van der Waals surface area contributed by atoms with Crippen molar-refractivity contribution < 1.29 is 19.0 Å². The van der Waals surface area contributed by atoms with Gasteiger partial charge in [0, 0.05) is 33.3 Å². The van der Waals surface area contributed by atoms with Gasteiger partial charge in [-0.15, -0.1) is 0 Å². The molecule has 3 atom stereocenters. The summed E-state index contributed by atoms with van der Waals surface area (Å²) in [5.41, 5.74) is 2.28. The van der Waals surface area contributed by atoms with Crippen LogP contribution < -0.4 is 0 Å². The Bertz CT molecular complexity index is 828. The van der Waals surface area contributed by atoms with Crippen molar-refractivity contribution in [2.24, 2.45) is 16.8 Å². The number of esters is 1. The van der Waals surface area contributed by atoms with E-state index in [0.717, 1.165) is 37.2 Å². The number of methoxy groups -OCH3 is 2. The molecule has 0 radical (unpaired) electrons. The highest BCUT2D eigenvalue weighted by molar-refractivity contribution is 6.00. The molecule has 2 saturated carbocycles. The van der Waals surface area contributed by atoms with Crippen LogP contribution in [0.25, 0.3) is 0 Å². The predicted octanol–water partition coefficient (Wildman–Crippen LogP) is 8.24. The SMILES string of the molecule is CCCCCCCCC1CCC(c2ccc(/C(=N/CCC3CCCC(OC)C3OC)OC(C)=O)cc2)CC1. The molecular weight excluding hydrogens is 474 g/mol. The summed E-state index contributed by atoms with van der Waals surface area (Å²) in [6.07, 6.45) is 19.5. The summed E-state index contributed by atoms with van der Waals surface area (Å²) in [5, 5.41) is 0. The number of rotatable bonds is 14. The van der Waals surface area contributed by atoms with Gasteiger partial charge < -0.3 is 14.2 Å². The molecule has 0 aliphatic heterocycles. The van der Waals surface area contributed by atoms with Crippen molar-refractivity contribution in [3.8, 4) is 0 Å². The van der Waals surface area contributed by atoms with Crippen LogP contribution in [0.2, 0.25) is 0 Å². The molecule has 38 heavy (non-hydrogen) atoms. The summed E-state index contributed by atoms with van der Waals surface area (Å²) in [6.45, 7) is 4.33. The number of hydrogen-bond donors (Lipinski definition) is 0. The average Bonchev–Trinajstić information content (AvgIpc) is 2.94. The van der Waals surface area contributed by atoms with Crippen molar-refractivity contribution >= 4 is 11.9 Å². The molecule has 1 aromatic rings. The van der Waals surface area contributed by atoms with E-state index < -0.39 is 0 Å². The topological polar surface area (TPSA) is 57.1 Å². The van der Waals surface area contributed by atoms with E-state index in [0.29, 0.717) is 24.3 Å². The predicted molar refractivity (Wildman–Crippen MR) is 156 cm³/mol. The highest BCUT2D eigenvalue weighted by Crippen LogP contribution is 2.38. The zero-order valence-electron chi connectivity index (χ0n) is 24.6. The molecule has 3 unspecified atom stereocenters. The summed E-state index contributed by atoms with van der Waals surface area (Å²) < 4.78 is 17.0. The van der Waals surface area contributed by atoms with Gasteiger partial charge in [-0.05, 0) is 80.4 Å². The van der Waals surface area contributed by atoms with E-state index in [1.807, 2.05) is 0 Å². The fourth-order valence-electron chi connectivity index (χ4n) is 6.66. The molecule has 5 heteroatoms. The van der Waals surface area contributed by atoms with E-state index in [4.69, 9.17) is 19.2 Å². The van der Waals surface area contributed by atoms with E-state index in [9.17, 15) is 4.79 Å². The van der Waals surface area contributed by atoms with Crippen LogP contribution in [0, 0.1) is 11.8 Å². The van der Waals surface area contributed by atoms with Crippen molar-refractivity contribution in [2.45, 2.75) is 128 Å². The van der Waals surface area contributed by atoms with E-state index in [-0.39, 0.29) is 18.2 Å².